The molecule has 1 aromatic carbocycles. The number of benzene rings is 1. The smallest absolute Gasteiger partial charge is 0.271 e. The van der Waals surface area contributed by atoms with Crippen LogP contribution in [-0.2, 0) is 9.53 Å². The summed E-state index contributed by atoms with van der Waals surface area (Å²) in [4.78, 5) is 21.9. The lowest BCUT2D eigenvalue weighted by Gasteiger charge is -2.22. The Morgan fingerprint density at radius 2 is 2.30 bits per heavy atom. The van der Waals surface area contributed by atoms with Crippen LogP contribution in [0.15, 0.2) is 18.2 Å². The molecule has 1 aliphatic heterocycles. The molecule has 0 radical (unpaired) electrons. The van der Waals surface area contributed by atoms with E-state index in [4.69, 9.17) is 4.74 Å². The van der Waals surface area contributed by atoms with Crippen molar-refractivity contribution in [2.75, 3.05) is 25.1 Å². The summed E-state index contributed by atoms with van der Waals surface area (Å²) in [6, 6.07) is 2.90. The highest BCUT2D eigenvalue weighted by atomic mass is 35.5. The number of phenolic OH excluding ortho intramolecular Hbond substituents is 1. The van der Waals surface area contributed by atoms with Crippen LogP contribution in [0.1, 0.15) is 0 Å². The van der Waals surface area contributed by atoms with Crippen LogP contribution < -0.4 is 10.6 Å². The molecule has 110 valence electrons. The number of nitrogens with one attached hydrogen (secondary N) is 2. The fourth-order valence-electron chi connectivity index (χ4n) is 1.69. The molecule has 8 nitrogen and oxygen atoms in total. The maximum absolute atomic E-state index is 11.9. The second-order valence-corrected chi connectivity index (χ2v) is 4.03. The first kappa shape index (κ1) is 16.2. The van der Waals surface area contributed by atoms with Crippen molar-refractivity contribution in [3.8, 4) is 5.75 Å². The maximum Gasteiger partial charge on any atom is 0.271 e. The van der Waals surface area contributed by atoms with Gasteiger partial charge in [0, 0.05) is 18.7 Å². The zero-order valence-corrected chi connectivity index (χ0v) is 11.2. The molecule has 3 N–H and O–H groups in total. The molecule has 1 fully saturated rings. The molecule has 1 amide bonds. The van der Waals surface area contributed by atoms with Gasteiger partial charge in [-0.15, -0.1) is 12.4 Å². The molecule has 2 rings (SSSR count). The predicted octanol–water partition coefficient (Wildman–Crippen LogP) is 0.649. The van der Waals surface area contributed by atoms with Crippen molar-refractivity contribution in [3.63, 3.8) is 0 Å². The van der Waals surface area contributed by atoms with E-state index in [-0.39, 0.29) is 36.1 Å². The van der Waals surface area contributed by atoms with E-state index in [0.717, 1.165) is 12.1 Å². The lowest BCUT2D eigenvalue weighted by atomic mass is 10.2. The lowest BCUT2D eigenvalue weighted by Crippen LogP contribution is -2.48. The number of nitrogens with zero attached hydrogens (tertiary/aromatic N) is 1. The van der Waals surface area contributed by atoms with Crippen LogP contribution in [0.25, 0.3) is 0 Å². The molecule has 0 saturated carbocycles. The highest BCUT2D eigenvalue weighted by Crippen LogP contribution is 2.27. The van der Waals surface area contributed by atoms with Gasteiger partial charge in [0.05, 0.1) is 23.8 Å². The molecular weight excluding hydrogens is 290 g/mol. The van der Waals surface area contributed by atoms with E-state index < -0.39 is 16.9 Å². The number of anilines is 1. The number of rotatable bonds is 3. The van der Waals surface area contributed by atoms with Gasteiger partial charge < -0.3 is 20.5 Å². The Labute approximate surface area is 120 Å². The fraction of sp³-hybridized carbons (Fsp3) is 0.364. The average Bonchev–Trinajstić information content (AvgIpc) is 2.42. The summed E-state index contributed by atoms with van der Waals surface area (Å²) in [6.45, 7) is 1.31. The van der Waals surface area contributed by atoms with E-state index in [9.17, 15) is 20.0 Å². The molecule has 1 aromatic rings. The van der Waals surface area contributed by atoms with Crippen molar-refractivity contribution in [1.82, 2.24) is 5.32 Å². The molecule has 0 aliphatic carbocycles. The summed E-state index contributed by atoms with van der Waals surface area (Å²) >= 11 is 0. The average molecular weight is 304 g/mol. The zero-order valence-electron chi connectivity index (χ0n) is 10.4. The number of nitro benzene ring substituents is 1. The predicted molar refractivity (Wildman–Crippen MR) is 73.2 cm³/mol. The summed E-state index contributed by atoms with van der Waals surface area (Å²) in [7, 11) is 0. The summed E-state index contributed by atoms with van der Waals surface area (Å²) < 4.78 is 5.14. The molecule has 1 atom stereocenters. The number of nitro groups is 1. The number of aromatic hydroxyl groups is 1. The number of ether oxygens (including phenoxy) is 1. The van der Waals surface area contributed by atoms with Gasteiger partial charge in [0.15, 0.2) is 0 Å². The number of hydrogen-bond donors (Lipinski definition) is 3. The van der Waals surface area contributed by atoms with Crippen LogP contribution in [0.4, 0.5) is 11.4 Å². The van der Waals surface area contributed by atoms with Gasteiger partial charge in [0.25, 0.3) is 5.69 Å². The SMILES string of the molecule is Cl.O=C(Nc1cc([N+](=O)[O-])ccc1O)C1COCCN1. The highest BCUT2D eigenvalue weighted by molar-refractivity contribution is 5.96. The number of amides is 1. The molecule has 0 spiro atoms. The Morgan fingerprint density at radius 3 is 2.90 bits per heavy atom. The Morgan fingerprint density at radius 1 is 1.55 bits per heavy atom. The number of phenols is 1. The van der Waals surface area contributed by atoms with Crippen molar-refractivity contribution in [3.05, 3.63) is 28.3 Å². The highest BCUT2D eigenvalue weighted by Gasteiger charge is 2.22. The number of hydrogen-bond acceptors (Lipinski definition) is 6. The van der Waals surface area contributed by atoms with Crippen LogP contribution in [0.5, 0.6) is 5.75 Å². The molecule has 1 heterocycles. The minimum absolute atomic E-state index is 0. The fourth-order valence-corrected chi connectivity index (χ4v) is 1.69. The Bertz CT molecular complexity index is 505. The van der Waals surface area contributed by atoms with Crippen LogP contribution in [0, 0.1) is 10.1 Å². The van der Waals surface area contributed by atoms with Crippen LogP contribution in [-0.4, -0.2) is 41.7 Å². The third kappa shape index (κ3) is 3.80. The first-order valence-electron chi connectivity index (χ1n) is 5.67. The Kier molecular flexibility index (Phi) is 5.68. The molecule has 1 aliphatic rings. The van der Waals surface area contributed by atoms with Gasteiger partial charge in [-0.1, -0.05) is 0 Å². The number of halogens is 1. The lowest BCUT2D eigenvalue weighted by molar-refractivity contribution is -0.384. The van der Waals surface area contributed by atoms with Gasteiger partial charge in [-0.3, -0.25) is 14.9 Å². The number of carbonyl (C=O) groups is 1. The van der Waals surface area contributed by atoms with E-state index in [1.165, 1.54) is 6.07 Å². The molecule has 9 heteroatoms. The van der Waals surface area contributed by atoms with Crippen molar-refractivity contribution >= 4 is 29.7 Å². The zero-order chi connectivity index (χ0) is 13.8. The third-order valence-electron chi connectivity index (χ3n) is 2.69. The van der Waals surface area contributed by atoms with E-state index in [1.807, 2.05) is 0 Å². The molecule has 20 heavy (non-hydrogen) atoms. The van der Waals surface area contributed by atoms with E-state index in [1.54, 1.807) is 0 Å². The van der Waals surface area contributed by atoms with Gasteiger partial charge >= 0.3 is 0 Å². The van der Waals surface area contributed by atoms with E-state index >= 15 is 0 Å². The van der Waals surface area contributed by atoms with Crippen molar-refractivity contribution < 1.29 is 19.6 Å². The molecule has 0 bridgehead atoms. The third-order valence-corrected chi connectivity index (χ3v) is 2.69. The monoisotopic (exact) mass is 303 g/mol. The summed E-state index contributed by atoms with van der Waals surface area (Å²) in [5.74, 6) is -0.633. The number of morpholine rings is 1. The largest absolute Gasteiger partial charge is 0.506 e. The summed E-state index contributed by atoms with van der Waals surface area (Å²) in [5, 5.41) is 25.6. The van der Waals surface area contributed by atoms with E-state index in [0.29, 0.717) is 13.2 Å². The first-order valence-corrected chi connectivity index (χ1v) is 5.67. The van der Waals surface area contributed by atoms with Crippen molar-refractivity contribution in [1.29, 1.82) is 0 Å². The Hall–Kier alpha value is -1.90. The van der Waals surface area contributed by atoms with Gasteiger partial charge in [0.1, 0.15) is 11.8 Å². The van der Waals surface area contributed by atoms with Crippen molar-refractivity contribution in [2.24, 2.45) is 0 Å². The summed E-state index contributed by atoms with van der Waals surface area (Å²) in [5.41, 5.74) is -0.201. The molecule has 0 aromatic heterocycles. The van der Waals surface area contributed by atoms with Gasteiger partial charge in [-0.2, -0.15) is 0 Å². The van der Waals surface area contributed by atoms with Crippen LogP contribution in [0.3, 0.4) is 0 Å². The van der Waals surface area contributed by atoms with Gasteiger partial charge in [0.2, 0.25) is 5.91 Å². The number of non-ortho nitro benzene ring substituents is 1. The second kappa shape index (κ2) is 7.04. The van der Waals surface area contributed by atoms with Crippen LogP contribution in [0.2, 0.25) is 0 Å². The molecule has 1 saturated heterocycles. The van der Waals surface area contributed by atoms with Crippen molar-refractivity contribution in [2.45, 2.75) is 6.04 Å². The maximum atomic E-state index is 11.9. The Balaban J connectivity index is 0.00000200. The van der Waals surface area contributed by atoms with Gasteiger partial charge in [-0.25, -0.2) is 0 Å². The quantitative estimate of drug-likeness (QED) is 0.429. The second-order valence-electron chi connectivity index (χ2n) is 4.03. The normalized spacial score (nSPS) is 17.9. The molecule has 1 unspecified atom stereocenters. The molecular formula is C11H14ClN3O5. The first-order chi connectivity index (χ1) is 9.08. The minimum atomic E-state index is -0.600. The topological polar surface area (TPSA) is 114 Å². The standard InChI is InChI=1S/C11H13N3O5.ClH/c15-10-2-1-7(14(17)18)5-8(10)13-11(16)9-6-19-4-3-12-9;/h1-2,5,9,12,15H,3-4,6H2,(H,13,16);1H. The van der Waals surface area contributed by atoms with Gasteiger partial charge in [-0.05, 0) is 6.07 Å². The minimum Gasteiger partial charge on any atom is -0.506 e. The summed E-state index contributed by atoms with van der Waals surface area (Å²) in [6.07, 6.45) is 0. The number of carbonyl (C=O) groups excluding carboxylic acids is 1. The van der Waals surface area contributed by atoms with Crippen LogP contribution >= 0.6 is 12.4 Å². The van der Waals surface area contributed by atoms with E-state index in [2.05, 4.69) is 10.6 Å².